The molecule has 1 N–H and O–H groups in total. The molecule has 0 radical (unpaired) electrons. The molecule has 1 aliphatic heterocycles. The van der Waals surface area contributed by atoms with E-state index in [0.717, 1.165) is 0 Å². The molecule has 9 heteroatoms. The molecule has 0 aliphatic carbocycles. The number of ether oxygens (including phenoxy) is 3. The third kappa shape index (κ3) is 4.76. The van der Waals surface area contributed by atoms with Gasteiger partial charge in [0, 0.05) is 25.2 Å². The Bertz CT molecular complexity index is 699. The van der Waals surface area contributed by atoms with E-state index in [-0.39, 0.29) is 22.8 Å². The van der Waals surface area contributed by atoms with Crippen molar-refractivity contribution in [1.82, 2.24) is 9.62 Å². The fourth-order valence-electron chi connectivity index (χ4n) is 2.67. The summed E-state index contributed by atoms with van der Waals surface area (Å²) in [5.74, 6) is 0.676. The van der Waals surface area contributed by atoms with Crippen molar-refractivity contribution < 1.29 is 27.4 Å². The zero-order valence-electron chi connectivity index (χ0n) is 14.6. The quantitative estimate of drug-likeness (QED) is 0.815. The number of nitrogens with one attached hydrogen (secondary N) is 1. The fraction of sp³-hybridized carbons (Fsp3) is 0.562. The molecule has 1 aromatic carbocycles. The summed E-state index contributed by atoms with van der Waals surface area (Å²) in [5, 5.41) is 0. The topological polar surface area (TPSA) is 94.2 Å². The maximum Gasteiger partial charge on any atom is 0.409 e. The molecule has 0 bridgehead atoms. The third-order valence-corrected chi connectivity index (χ3v) is 5.54. The highest BCUT2D eigenvalue weighted by molar-refractivity contribution is 7.89. The Labute approximate surface area is 148 Å². The Balaban J connectivity index is 2.07. The van der Waals surface area contributed by atoms with Crippen LogP contribution >= 0.6 is 0 Å². The van der Waals surface area contributed by atoms with E-state index in [1.54, 1.807) is 24.0 Å². The van der Waals surface area contributed by atoms with Crippen molar-refractivity contribution in [3.8, 4) is 11.5 Å². The first-order valence-electron chi connectivity index (χ1n) is 8.07. The van der Waals surface area contributed by atoms with Crippen LogP contribution in [0.1, 0.15) is 19.8 Å². The number of piperidine rings is 1. The van der Waals surface area contributed by atoms with Crippen LogP contribution in [0.4, 0.5) is 4.79 Å². The van der Waals surface area contributed by atoms with Gasteiger partial charge in [0.2, 0.25) is 10.0 Å². The monoisotopic (exact) mass is 372 g/mol. The largest absolute Gasteiger partial charge is 0.497 e. The highest BCUT2D eigenvalue weighted by atomic mass is 32.2. The van der Waals surface area contributed by atoms with Gasteiger partial charge in [0.1, 0.15) is 16.4 Å². The number of carbonyl (C=O) groups is 1. The summed E-state index contributed by atoms with van der Waals surface area (Å²) in [4.78, 5) is 13.3. The van der Waals surface area contributed by atoms with Gasteiger partial charge in [0.25, 0.3) is 0 Å². The van der Waals surface area contributed by atoms with Crippen LogP contribution in [0.2, 0.25) is 0 Å². The molecule has 0 spiro atoms. The van der Waals surface area contributed by atoms with Gasteiger partial charge in [-0.3, -0.25) is 0 Å². The lowest BCUT2D eigenvalue weighted by molar-refractivity contribution is 0.0966. The number of carbonyl (C=O) groups excluding carboxylic acids is 1. The van der Waals surface area contributed by atoms with Gasteiger partial charge >= 0.3 is 6.09 Å². The lowest BCUT2D eigenvalue weighted by Gasteiger charge is -2.31. The zero-order valence-corrected chi connectivity index (χ0v) is 15.5. The van der Waals surface area contributed by atoms with E-state index in [1.165, 1.54) is 20.3 Å². The van der Waals surface area contributed by atoms with Gasteiger partial charge < -0.3 is 19.1 Å². The fourth-order valence-corrected chi connectivity index (χ4v) is 4.16. The van der Waals surface area contributed by atoms with Crippen molar-refractivity contribution in [2.24, 2.45) is 0 Å². The number of hydrogen-bond acceptors (Lipinski definition) is 6. The number of hydrogen-bond donors (Lipinski definition) is 1. The molecule has 1 heterocycles. The molecule has 8 nitrogen and oxygen atoms in total. The van der Waals surface area contributed by atoms with E-state index in [0.29, 0.717) is 38.3 Å². The number of sulfonamides is 1. The van der Waals surface area contributed by atoms with Crippen molar-refractivity contribution in [2.45, 2.75) is 30.7 Å². The minimum atomic E-state index is -3.77. The maximum absolute atomic E-state index is 12.7. The van der Waals surface area contributed by atoms with E-state index in [1.807, 2.05) is 0 Å². The molecule has 0 unspecified atom stereocenters. The van der Waals surface area contributed by atoms with Gasteiger partial charge in [-0.15, -0.1) is 0 Å². The Kier molecular flexibility index (Phi) is 6.49. The molecular formula is C16H24N2O6S. The minimum Gasteiger partial charge on any atom is -0.497 e. The van der Waals surface area contributed by atoms with E-state index in [2.05, 4.69) is 4.72 Å². The molecule has 1 aromatic rings. The van der Waals surface area contributed by atoms with E-state index >= 15 is 0 Å². The molecule has 1 fully saturated rings. The van der Waals surface area contributed by atoms with Crippen LogP contribution in [0.5, 0.6) is 11.5 Å². The van der Waals surface area contributed by atoms with Crippen LogP contribution in [-0.2, 0) is 14.8 Å². The summed E-state index contributed by atoms with van der Waals surface area (Å²) in [6, 6.07) is 4.35. The van der Waals surface area contributed by atoms with Crippen molar-refractivity contribution >= 4 is 16.1 Å². The van der Waals surface area contributed by atoms with Gasteiger partial charge in [-0.25, -0.2) is 17.9 Å². The molecular weight excluding hydrogens is 348 g/mol. The Morgan fingerprint density at radius 1 is 1.24 bits per heavy atom. The Hall–Kier alpha value is -2.00. The van der Waals surface area contributed by atoms with Gasteiger partial charge in [-0.1, -0.05) is 0 Å². The molecule has 1 saturated heterocycles. The molecule has 140 valence electrons. The summed E-state index contributed by atoms with van der Waals surface area (Å²) >= 11 is 0. The average molecular weight is 372 g/mol. The lowest BCUT2D eigenvalue weighted by Crippen LogP contribution is -2.46. The first-order chi connectivity index (χ1) is 11.9. The van der Waals surface area contributed by atoms with Crippen LogP contribution in [0.25, 0.3) is 0 Å². The molecule has 0 aromatic heterocycles. The molecule has 2 rings (SSSR count). The number of rotatable bonds is 6. The normalized spacial score (nSPS) is 15.7. The standard InChI is InChI=1S/C16H24N2O6S/c1-4-24-16(19)18-9-7-12(8-10-18)17-25(20,21)15-11-13(22-2)5-6-14(15)23-3/h5-6,11-12,17H,4,7-10H2,1-3H3. The maximum atomic E-state index is 12.7. The third-order valence-electron chi connectivity index (χ3n) is 4.00. The second-order valence-electron chi connectivity index (χ2n) is 5.60. The van der Waals surface area contributed by atoms with Gasteiger partial charge in [0.05, 0.1) is 20.8 Å². The summed E-state index contributed by atoms with van der Waals surface area (Å²) < 4.78 is 43.3. The van der Waals surface area contributed by atoms with Crippen molar-refractivity contribution in [2.75, 3.05) is 33.9 Å². The van der Waals surface area contributed by atoms with Crippen molar-refractivity contribution in [3.63, 3.8) is 0 Å². The molecule has 25 heavy (non-hydrogen) atoms. The van der Waals surface area contributed by atoms with Crippen LogP contribution in [0, 0.1) is 0 Å². The van der Waals surface area contributed by atoms with Crippen molar-refractivity contribution in [3.05, 3.63) is 18.2 Å². The Morgan fingerprint density at radius 3 is 2.48 bits per heavy atom. The van der Waals surface area contributed by atoms with Gasteiger partial charge in [-0.05, 0) is 31.9 Å². The number of methoxy groups -OCH3 is 2. The summed E-state index contributed by atoms with van der Waals surface area (Å²) in [7, 11) is -0.889. The first-order valence-corrected chi connectivity index (χ1v) is 9.55. The van der Waals surface area contributed by atoms with Gasteiger partial charge in [0.15, 0.2) is 0 Å². The Morgan fingerprint density at radius 2 is 1.92 bits per heavy atom. The minimum absolute atomic E-state index is 0.0298. The average Bonchev–Trinajstić information content (AvgIpc) is 2.61. The van der Waals surface area contributed by atoms with Crippen LogP contribution < -0.4 is 14.2 Å². The van der Waals surface area contributed by atoms with Crippen LogP contribution in [-0.4, -0.2) is 59.4 Å². The van der Waals surface area contributed by atoms with E-state index in [4.69, 9.17) is 14.2 Å². The predicted octanol–water partition coefficient (Wildman–Crippen LogP) is 1.60. The van der Waals surface area contributed by atoms with Crippen LogP contribution in [0.3, 0.4) is 0 Å². The summed E-state index contributed by atoms with van der Waals surface area (Å²) in [6.45, 7) is 2.96. The highest BCUT2D eigenvalue weighted by Crippen LogP contribution is 2.28. The second-order valence-corrected chi connectivity index (χ2v) is 7.28. The zero-order chi connectivity index (χ0) is 18.4. The molecule has 0 atom stereocenters. The first kappa shape index (κ1) is 19.3. The highest BCUT2D eigenvalue weighted by Gasteiger charge is 2.29. The SMILES string of the molecule is CCOC(=O)N1CCC(NS(=O)(=O)c2cc(OC)ccc2OC)CC1. The van der Waals surface area contributed by atoms with E-state index in [9.17, 15) is 13.2 Å². The summed E-state index contributed by atoms with van der Waals surface area (Å²) in [5.41, 5.74) is 0. The number of amides is 1. The number of benzene rings is 1. The van der Waals surface area contributed by atoms with Crippen molar-refractivity contribution in [1.29, 1.82) is 0 Å². The number of likely N-dealkylation sites (tertiary alicyclic amines) is 1. The molecule has 1 aliphatic rings. The second kappa shape index (κ2) is 8.39. The molecule has 0 saturated carbocycles. The van der Waals surface area contributed by atoms with Crippen LogP contribution in [0.15, 0.2) is 23.1 Å². The number of nitrogens with zero attached hydrogens (tertiary/aromatic N) is 1. The predicted molar refractivity (Wildman–Crippen MR) is 91.5 cm³/mol. The van der Waals surface area contributed by atoms with Gasteiger partial charge in [-0.2, -0.15) is 0 Å². The lowest BCUT2D eigenvalue weighted by atomic mass is 10.1. The molecule has 1 amide bonds. The summed E-state index contributed by atoms with van der Waals surface area (Å²) in [6.07, 6.45) is 0.674. The van der Waals surface area contributed by atoms with E-state index < -0.39 is 10.0 Å². The smallest absolute Gasteiger partial charge is 0.409 e.